The van der Waals surface area contributed by atoms with Gasteiger partial charge in [0.1, 0.15) is 0 Å². The summed E-state index contributed by atoms with van der Waals surface area (Å²) in [5.41, 5.74) is 3.49. The van der Waals surface area contributed by atoms with Gasteiger partial charge in [-0.1, -0.05) is 48.9 Å². The van der Waals surface area contributed by atoms with E-state index in [-0.39, 0.29) is 5.91 Å². The van der Waals surface area contributed by atoms with Gasteiger partial charge in [0.25, 0.3) is 5.91 Å². The summed E-state index contributed by atoms with van der Waals surface area (Å²) in [4.78, 5) is 17.7. The van der Waals surface area contributed by atoms with Crippen molar-refractivity contribution in [3.05, 3.63) is 71.3 Å². The number of benzene rings is 2. The summed E-state index contributed by atoms with van der Waals surface area (Å²) in [6.45, 7) is 6.42. The van der Waals surface area contributed by atoms with Crippen molar-refractivity contribution < 1.29 is 4.79 Å². The highest BCUT2D eigenvalue weighted by Crippen LogP contribution is 2.44. The predicted octanol–water partition coefficient (Wildman–Crippen LogP) is 3.92. The molecule has 0 spiro atoms. The van der Waals surface area contributed by atoms with Crippen molar-refractivity contribution in [2.45, 2.75) is 44.8 Å². The normalized spacial score (nSPS) is 26.7. The van der Waals surface area contributed by atoms with E-state index in [1.807, 2.05) is 12.1 Å². The number of hydrogen-bond donors (Lipinski definition) is 1. The highest BCUT2D eigenvalue weighted by molar-refractivity contribution is 5.94. The van der Waals surface area contributed by atoms with Crippen molar-refractivity contribution in [3.8, 4) is 0 Å². The number of hydrogen-bond acceptors (Lipinski definition) is 3. The van der Waals surface area contributed by atoms with Crippen LogP contribution in [0, 0.1) is 11.8 Å². The fourth-order valence-corrected chi connectivity index (χ4v) is 5.64. The Bertz CT molecular complexity index is 842. The Balaban J connectivity index is 1.08. The first-order valence-electron chi connectivity index (χ1n) is 11.6. The minimum atomic E-state index is 0.105. The van der Waals surface area contributed by atoms with Gasteiger partial charge in [0.2, 0.25) is 0 Å². The number of nitrogens with zero attached hydrogens (tertiary/aromatic N) is 2. The second-order valence-corrected chi connectivity index (χ2v) is 9.49. The number of fused-ring (bicyclic) bond motifs is 2. The Morgan fingerprint density at radius 1 is 0.800 bits per heavy atom. The van der Waals surface area contributed by atoms with Crippen LogP contribution in [-0.4, -0.2) is 47.9 Å². The summed E-state index contributed by atoms with van der Waals surface area (Å²) in [5.74, 6) is 1.68. The Labute approximate surface area is 180 Å². The van der Waals surface area contributed by atoms with Crippen molar-refractivity contribution in [2.24, 2.45) is 11.8 Å². The van der Waals surface area contributed by atoms with Gasteiger partial charge in [-0.05, 0) is 54.4 Å². The van der Waals surface area contributed by atoms with Crippen molar-refractivity contribution in [2.75, 3.05) is 26.2 Å². The maximum Gasteiger partial charge on any atom is 0.251 e. The van der Waals surface area contributed by atoms with Gasteiger partial charge in [-0.25, -0.2) is 0 Å². The first kappa shape index (κ1) is 19.8. The van der Waals surface area contributed by atoms with E-state index in [0.717, 1.165) is 56.7 Å². The van der Waals surface area contributed by atoms with Gasteiger partial charge in [0.05, 0.1) is 0 Å². The summed E-state index contributed by atoms with van der Waals surface area (Å²) >= 11 is 0. The first-order chi connectivity index (χ1) is 14.7. The van der Waals surface area contributed by atoms with Crippen LogP contribution in [0.2, 0.25) is 0 Å². The molecule has 2 saturated carbocycles. The smallest absolute Gasteiger partial charge is 0.251 e. The van der Waals surface area contributed by atoms with Crippen molar-refractivity contribution in [3.63, 3.8) is 0 Å². The van der Waals surface area contributed by atoms with E-state index in [1.54, 1.807) is 0 Å². The Morgan fingerprint density at radius 2 is 1.43 bits per heavy atom. The second kappa shape index (κ2) is 8.91. The van der Waals surface area contributed by atoms with Gasteiger partial charge in [-0.2, -0.15) is 0 Å². The van der Waals surface area contributed by atoms with Crippen molar-refractivity contribution >= 4 is 5.91 Å². The average molecular weight is 404 g/mol. The van der Waals surface area contributed by atoms with Crippen LogP contribution in [0.15, 0.2) is 54.6 Å². The van der Waals surface area contributed by atoms with Crippen molar-refractivity contribution in [1.82, 2.24) is 15.1 Å². The largest absolute Gasteiger partial charge is 0.349 e. The fraction of sp³-hybridized carbons (Fsp3) is 0.500. The summed E-state index contributed by atoms with van der Waals surface area (Å²) in [6, 6.07) is 19.4. The van der Waals surface area contributed by atoms with Crippen LogP contribution >= 0.6 is 0 Å². The molecule has 1 amide bonds. The molecule has 2 aromatic rings. The molecule has 3 atom stereocenters. The molecule has 0 aromatic heterocycles. The summed E-state index contributed by atoms with van der Waals surface area (Å²) in [5, 5.41) is 3.30. The lowest BCUT2D eigenvalue weighted by Crippen LogP contribution is -2.45. The van der Waals surface area contributed by atoms with Gasteiger partial charge in [0.15, 0.2) is 0 Å². The molecule has 4 nitrogen and oxygen atoms in total. The molecule has 2 aliphatic carbocycles. The van der Waals surface area contributed by atoms with E-state index in [4.69, 9.17) is 0 Å². The molecule has 2 bridgehead atoms. The quantitative estimate of drug-likeness (QED) is 0.794. The maximum absolute atomic E-state index is 12.6. The molecule has 158 valence electrons. The zero-order valence-corrected chi connectivity index (χ0v) is 17.8. The van der Waals surface area contributed by atoms with Crippen LogP contribution in [0.3, 0.4) is 0 Å². The molecule has 1 aliphatic heterocycles. The van der Waals surface area contributed by atoms with E-state index >= 15 is 0 Å². The molecule has 30 heavy (non-hydrogen) atoms. The van der Waals surface area contributed by atoms with Gasteiger partial charge < -0.3 is 5.32 Å². The highest BCUT2D eigenvalue weighted by atomic mass is 16.1. The maximum atomic E-state index is 12.6. The zero-order chi connectivity index (χ0) is 20.3. The number of amides is 1. The Kier molecular flexibility index (Phi) is 5.87. The molecule has 2 aromatic carbocycles. The minimum Gasteiger partial charge on any atom is -0.349 e. The molecule has 1 saturated heterocycles. The van der Waals surface area contributed by atoms with E-state index < -0.39 is 0 Å². The van der Waals surface area contributed by atoms with Crippen LogP contribution in [0.5, 0.6) is 0 Å². The molecule has 4 heteroatoms. The second-order valence-electron chi connectivity index (χ2n) is 9.49. The Hall–Kier alpha value is -2.17. The molecular weight excluding hydrogens is 370 g/mol. The van der Waals surface area contributed by atoms with Gasteiger partial charge in [-0.3, -0.25) is 14.6 Å². The van der Waals surface area contributed by atoms with Crippen molar-refractivity contribution in [1.29, 1.82) is 0 Å². The molecule has 3 aliphatic rings. The third-order valence-electron chi connectivity index (χ3n) is 7.39. The number of carbonyl (C=O) groups excluding carboxylic acids is 1. The molecular formula is C26H33N3O. The van der Waals surface area contributed by atoms with E-state index in [2.05, 4.69) is 57.6 Å². The summed E-state index contributed by atoms with van der Waals surface area (Å²) in [7, 11) is 0. The van der Waals surface area contributed by atoms with Crippen LogP contribution in [-0.2, 0) is 13.1 Å². The third-order valence-corrected chi connectivity index (χ3v) is 7.39. The van der Waals surface area contributed by atoms with E-state index in [9.17, 15) is 4.79 Å². The number of nitrogens with one attached hydrogen (secondary N) is 1. The highest BCUT2D eigenvalue weighted by Gasteiger charge is 2.40. The predicted molar refractivity (Wildman–Crippen MR) is 120 cm³/mol. The first-order valence-corrected chi connectivity index (χ1v) is 11.6. The Morgan fingerprint density at radius 3 is 2.00 bits per heavy atom. The third kappa shape index (κ3) is 4.60. The van der Waals surface area contributed by atoms with Gasteiger partial charge in [0, 0.05) is 50.9 Å². The molecule has 0 unspecified atom stereocenters. The molecule has 3 fully saturated rings. The number of piperazine rings is 1. The average Bonchev–Trinajstić information content (AvgIpc) is 3.40. The monoisotopic (exact) mass is 403 g/mol. The van der Waals surface area contributed by atoms with Crippen LogP contribution < -0.4 is 5.32 Å². The van der Waals surface area contributed by atoms with Gasteiger partial charge >= 0.3 is 0 Å². The number of rotatable bonds is 6. The van der Waals surface area contributed by atoms with E-state index in [1.165, 1.54) is 36.8 Å². The summed E-state index contributed by atoms with van der Waals surface area (Å²) < 4.78 is 0. The minimum absolute atomic E-state index is 0.105. The molecule has 0 radical (unpaired) electrons. The molecule has 1 heterocycles. The zero-order valence-electron chi connectivity index (χ0n) is 17.8. The standard InChI is InChI=1S/C26H33N3O/c30-26(27-25-17-22-8-11-24(25)16-22)23-9-6-21(7-10-23)19-29-14-12-28(13-15-29)18-20-4-2-1-3-5-20/h1-7,9-10,22,24-25H,8,11-19H2,(H,27,30)/t22-,24-,25+/m0/s1. The lowest BCUT2D eigenvalue weighted by molar-refractivity contribution is 0.0923. The van der Waals surface area contributed by atoms with E-state index in [0.29, 0.717) is 6.04 Å². The molecule has 1 N–H and O–H groups in total. The number of carbonyl (C=O) groups is 1. The van der Waals surface area contributed by atoms with Gasteiger partial charge in [-0.15, -0.1) is 0 Å². The lowest BCUT2D eigenvalue weighted by Gasteiger charge is -2.34. The lowest BCUT2D eigenvalue weighted by atomic mass is 9.95. The van der Waals surface area contributed by atoms with Crippen LogP contribution in [0.25, 0.3) is 0 Å². The van der Waals surface area contributed by atoms with Crippen LogP contribution in [0.1, 0.15) is 47.2 Å². The summed E-state index contributed by atoms with van der Waals surface area (Å²) in [6.07, 6.45) is 5.17. The molecule has 5 rings (SSSR count). The topological polar surface area (TPSA) is 35.6 Å². The SMILES string of the molecule is O=C(N[C@@H]1C[C@H]2CC[C@H]1C2)c1ccc(CN2CCN(Cc3ccccc3)CC2)cc1. The fourth-order valence-electron chi connectivity index (χ4n) is 5.64. The van der Waals surface area contributed by atoms with Crippen LogP contribution in [0.4, 0.5) is 0 Å².